The fourth-order valence-corrected chi connectivity index (χ4v) is 3.17. The third kappa shape index (κ3) is 4.37. The molecule has 0 radical (unpaired) electrons. The van der Waals surface area contributed by atoms with Crippen molar-refractivity contribution in [2.24, 2.45) is 5.92 Å². The topological polar surface area (TPSA) is 35.6 Å². The summed E-state index contributed by atoms with van der Waals surface area (Å²) in [5, 5.41) is 2.98. The zero-order valence-corrected chi connectivity index (χ0v) is 14.6. The number of hydrogen-bond acceptors (Lipinski definition) is 2. The number of aryl methyl sites for hydroxylation is 1. The highest BCUT2D eigenvalue weighted by molar-refractivity contribution is 9.10. The first-order valence-electron chi connectivity index (χ1n) is 7.51. The molecule has 0 aliphatic carbocycles. The summed E-state index contributed by atoms with van der Waals surface area (Å²) in [4.78, 5) is 16.3. The van der Waals surface area contributed by atoms with Crippen LogP contribution in [-0.2, 0) is 0 Å². The molecule has 0 bridgehead atoms. The second-order valence-electron chi connectivity index (χ2n) is 6.01. The van der Waals surface area contributed by atoms with E-state index in [0.717, 1.165) is 37.2 Å². The summed E-state index contributed by atoms with van der Waals surface area (Å²) in [6.45, 7) is 10.3. The van der Waals surface area contributed by atoms with Crippen molar-refractivity contribution in [3.05, 3.63) is 28.2 Å². The summed E-state index contributed by atoms with van der Waals surface area (Å²) in [5.74, 6) is 0.485. The maximum Gasteiger partial charge on any atom is 0.317 e. The summed E-state index contributed by atoms with van der Waals surface area (Å²) >= 11 is 3.63. The number of hydrogen-bond donors (Lipinski definition) is 1. The zero-order chi connectivity index (χ0) is 15.4. The molecule has 2 rings (SSSR count). The number of nitrogens with zero attached hydrogens (tertiary/aromatic N) is 2. The predicted molar refractivity (Wildman–Crippen MR) is 90.9 cm³/mol. The van der Waals surface area contributed by atoms with Gasteiger partial charge in [0.2, 0.25) is 0 Å². The molecule has 0 unspecified atom stereocenters. The molecule has 0 spiro atoms. The van der Waals surface area contributed by atoms with Crippen LogP contribution in [0, 0.1) is 12.8 Å². The molecule has 1 N–H and O–H groups in total. The smallest absolute Gasteiger partial charge is 0.317 e. The van der Waals surface area contributed by atoms with Gasteiger partial charge in [-0.2, -0.15) is 0 Å². The number of amides is 2. The molecule has 0 saturated carbocycles. The molecule has 1 aliphatic heterocycles. The summed E-state index contributed by atoms with van der Waals surface area (Å²) in [5.41, 5.74) is 2.46. The second-order valence-corrected chi connectivity index (χ2v) is 6.86. The Labute approximate surface area is 135 Å². The van der Waals surface area contributed by atoms with E-state index in [1.54, 1.807) is 0 Å². The average Bonchev–Trinajstić information content (AvgIpc) is 2.45. The Hall–Kier alpha value is -1.23. The summed E-state index contributed by atoms with van der Waals surface area (Å²) < 4.78 is 1.13. The molecule has 1 aromatic carbocycles. The Morgan fingerprint density at radius 3 is 2.52 bits per heavy atom. The van der Waals surface area contributed by atoms with Gasteiger partial charge < -0.3 is 15.1 Å². The van der Waals surface area contributed by atoms with Crippen molar-refractivity contribution < 1.29 is 4.79 Å². The minimum Gasteiger partial charge on any atom is -0.367 e. The maximum absolute atomic E-state index is 12.0. The van der Waals surface area contributed by atoms with Gasteiger partial charge in [0.1, 0.15) is 0 Å². The average molecular weight is 354 g/mol. The van der Waals surface area contributed by atoms with Crippen LogP contribution in [0.15, 0.2) is 22.7 Å². The van der Waals surface area contributed by atoms with E-state index in [0.29, 0.717) is 5.92 Å². The third-order valence-electron chi connectivity index (χ3n) is 3.67. The summed E-state index contributed by atoms with van der Waals surface area (Å²) in [6.07, 6.45) is 0. The van der Waals surface area contributed by atoms with Crippen LogP contribution in [0.5, 0.6) is 0 Å². The number of nitrogens with one attached hydrogen (secondary N) is 1. The molecule has 1 saturated heterocycles. The van der Waals surface area contributed by atoms with Crippen LogP contribution in [0.25, 0.3) is 0 Å². The number of anilines is 1. The van der Waals surface area contributed by atoms with E-state index in [4.69, 9.17) is 0 Å². The first-order chi connectivity index (χ1) is 9.97. The Morgan fingerprint density at radius 2 is 1.95 bits per heavy atom. The predicted octanol–water partition coefficient (Wildman–Crippen LogP) is 3.25. The highest BCUT2D eigenvalue weighted by Crippen LogP contribution is 2.28. The third-order valence-corrected chi connectivity index (χ3v) is 4.31. The second kappa shape index (κ2) is 7.16. The van der Waals surface area contributed by atoms with Crippen molar-refractivity contribution in [2.75, 3.05) is 37.6 Å². The van der Waals surface area contributed by atoms with Crippen molar-refractivity contribution in [3.8, 4) is 0 Å². The number of rotatable bonds is 3. The normalized spacial score (nSPS) is 15.5. The molecule has 0 atom stereocenters. The van der Waals surface area contributed by atoms with Crippen molar-refractivity contribution >= 4 is 27.6 Å². The molecular weight excluding hydrogens is 330 g/mol. The maximum atomic E-state index is 12.0. The lowest BCUT2D eigenvalue weighted by Crippen LogP contribution is -2.52. The van der Waals surface area contributed by atoms with E-state index in [1.807, 2.05) is 4.90 Å². The first-order valence-corrected chi connectivity index (χ1v) is 8.30. The van der Waals surface area contributed by atoms with Crippen LogP contribution in [-0.4, -0.2) is 43.7 Å². The molecule has 1 aromatic rings. The van der Waals surface area contributed by atoms with Crippen LogP contribution < -0.4 is 10.2 Å². The van der Waals surface area contributed by atoms with E-state index in [1.165, 1.54) is 11.3 Å². The molecule has 5 heteroatoms. The molecule has 1 fully saturated rings. The van der Waals surface area contributed by atoms with Gasteiger partial charge in [0.15, 0.2) is 0 Å². The number of carbonyl (C=O) groups is 1. The van der Waals surface area contributed by atoms with Crippen molar-refractivity contribution in [2.45, 2.75) is 20.8 Å². The molecule has 4 nitrogen and oxygen atoms in total. The highest BCUT2D eigenvalue weighted by atomic mass is 79.9. The molecule has 1 heterocycles. The Kier molecular flexibility index (Phi) is 5.51. The summed E-state index contributed by atoms with van der Waals surface area (Å²) in [6, 6.07) is 6.47. The molecule has 2 amide bonds. The minimum absolute atomic E-state index is 0.0614. The van der Waals surface area contributed by atoms with Gasteiger partial charge >= 0.3 is 6.03 Å². The Morgan fingerprint density at radius 1 is 1.29 bits per heavy atom. The largest absolute Gasteiger partial charge is 0.367 e. The fraction of sp³-hybridized carbons (Fsp3) is 0.562. The quantitative estimate of drug-likeness (QED) is 0.905. The van der Waals surface area contributed by atoms with Gasteiger partial charge in [-0.25, -0.2) is 4.79 Å². The van der Waals surface area contributed by atoms with E-state index in [2.05, 4.69) is 65.1 Å². The van der Waals surface area contributed by atoms with E-state index >= 15 is 0 Å². The standard InChI is InChI=1S/C16H24BrN3O/c1-12(2)11-18-16(21)20-8-6-19(7-9-20)15-5-4-13(3)10-14(15)17/h4-5,10,12H,6-9,11H2,1-3H3,(H,18,21). The van der Waals surface area contributed by atoms with Gasteiger partial charge in [0.25, 0.3) is 0 Å². The monoisotopic (exact) mass is 353 g/mol. The van der Waals surface area contributed by atoms with Gasteiger partial charge in [0.05, 0.1) is 5.69 Å². The van der Waals surface area contributed by atoms with Crippen molar-refractivity contribution in [1.29, 1.82) is 0 Å². The van der Waals surface area contributed by atoms with Gasteiger partial charge in [-0.3, -0.25) is 0 Å². The molecule has 1 aliphatic rings. The van der Waals surface area contributed by atoms with E-state index in [9.17, 15) is 4.79 Å². The van der Waals surface area contributed by atoms with Crippen LogP contribution in [0.2, 0.25) is 0 Å². The molecular formula is C16H24BrN3O. The van der Waals surface area contributed by atoms with Gasteiger partial charge in [-0.15, -0.1) is 0 Å². The van der Waals surface area contributed by atoms with Crippen LogP contribution in [0.1, 0.15) is 19.4 Å². The SMILES string of the molecule is Cc1ccc(N2CCN(C(=O)NCC(C)C)CC2)c(Br)c1. The number of benzene rings is 1. The van der Waals surface area contributed by atoms with E-state index < -0.39 is 0 Å². The number of piperazine rings is 1. The first kappa shape index (κ1) is 16.1. The lowest BCUT2D eigenvalue weighted by molar-refractivity contribution is 0.193. The number of halogens is 1. The lowest BCUT2D eigenvalue weighted by Gasteiger charge is -2.36. The van der Waals surface area contributed by atoms with Crippen LogP contribution in [0.3, 0.4) is 0 Å². The van der Waals surface area contributed by atoms with Gasteiger partial charge in [-0.05, 0) is 46.5 Å². The molecule has 0 aromatic heterocycles. The minimum atomic E-state index is 0.0614. The fourth-order valence-electron chi connectivity index (χ4n) is 2.42. The van der Waals surface area contributed by atoms with Crippen LogP contribution in [0.4, 0.5) is 10.5 Å². The summed E-state index contributed by atoms with van der Waals surface area (Å²) in [7, 11) is 0. The van der Waals surface area contributed by atoms with Gasteiger partial charge in [0, 0.05) is 37.2 Å². The Balaban J connectivity index is 1.89. The number of carbonyl (C=O) groups excluding carboxylic acids is 1. The number of urea groups is 1. The highest BCUT2D eigenvalue weighted by Gasteiger charge is 2.22. The Bertz CT molecular complexity index is 496. The van der Waals surface area contributed by atoms with Crippen molar-refractivity contribution in [1.82, 2.24) is 10.2 Å². The zero-order valence-electron chi connectivity index (χ0n) is 13.0. The molecule has 116 valence electrons. The van der Waals surface area contributed by atoms with Gasteiger partial charge in [-0.1, -0.05) is 19.9 Å². The van der Waals surface area contributed by atoms with E-state index in [-0.39, 0.29) is 6.03 Å². The van der Waals surface area contributed by atoms with Crippen LogP contribution >= 0.6 is 15.9 Å². The molecule has 21 heavy (non-hydrogen) atoms. The van der Waals surface area contributed by atoms with Crippen molar-refractivity contribution in [3.63, 3.8) is 0 Å². The lowest BCUT2D eigenvalue weighted by atomic mass is 10.2.